The number of fused-ring (bicyclic) bond motifs is 2. The maximum atomic E-state index is 12.1. The highest BCUT2D eigenvalue weighted by Crippen LogP contribution is 2.41. The Morgan fingerprint density at radius 1 is 1.48 bits per heavy atom. The molecule has 8 heteroatoms. The highest BCUT2D eigenvalue weighted by molar-refractivity contribution is 6.37. The molecule has 0 atom stereocenters. The Morgan fingerprint density at radius 2 is 2.26 bits per heavy atom. The van der Waals surface area contributed by atoms with Crippen LogP contribution in [0.1, 0.15) is 21.6 Å². The van der Waals surface area contributed by atoms with Gasteiger partial charge in [0.05, 0.1) is 11.6 Å². The lowest BCUT2D eigenvalue weighted by atomic mass is 10.0. The van der Waals surface area contributed by atoms with E-state index >= 15 is 0 Å². The van der Waals surface area contributed by atoms with Gasteiger partial charge in [-0.1, -0.05) is 11.6 Å². The molecule has 0 unspecified atom stereocenters. The van der Waals surface area contributed by atoms with E-state index in [2.05, 4.69) is 15.6 Å². The molecule has 3 rings (SSSR count). The first-order valence-electron chi connectivity index (χ1n) is 7.20. The predicted molar refractivity (Wildman–Crippen MR) is 85.6 cm³/mol. The van der Waals surface area contributed by atoms with Gasteiger partial charge in [0.25, 0.3) is 5.91 Å². The number of carboxylic acid groups (broad SMARTS) is 1. The number of aromatic nitrogens is 1. The molecule has 1 aromatic heterocycles. The molecule has 1 aliphatic rings. The molecule has 0 fully saturated rings. The number of hydrogen-bond acceptors (Lipinski definition) is 3. The Balaban J connectivity index is 2.12. The minimum Gasteiger partial charge on any atom is -0.491 e. The van der Waals surface area contributed by atoms with Crippen molar-refractivity contribution in [3.8, 4) is 5.75 Å². The monoisotopic (exact) mass is 337 g/mol. The number of rotatable bonds is 4. The number of carbonyl (C=O) groups is 2. The summed E-state index contributed by atoms with van der Waals surface area (Å²) in [4.78, 5) is 25.9. The summed E-state index contributed by atoms with van der Waals surface area (Å²) in [6.07, 6.45) is 0.00430. The molecule has 122 valence electrons. The van der Waals surface area contributed by atoms with E-state index in [0.29, 0.717) is 40.4 Å². The van der Waals surface area contributed by atoms with Gasteiger partial charge in [-0.3, -0.25) is 4.79 Å². The Hall–Kier alpha value is -2.41. The summed E-state index contributed by atoms with van der Waals surface area (Å²) >= 11 is 6.48. The number of nitrogens with one attached hydrogen (secondary N) is 3. The summed E-state index contributed by atoms with van der Waals surface area (Å²) < 4.78 is 5.57. The van der Waals surface area contributed by atoms with Crippen molar-refractivity contribution in [2.45, 2.75) is 12.8 Å². The number of ether oxygens (including phenoxy) is 1. The fourth-order valence-corrected chi connectivity index (χ4v) is 3.27. The van der Waals surface area contributed by atoms with Crippen molar-refractivity contribution in [3.63, 3.8) is 0 Å². The van der Waals surface area contributed by atoms with Crippen molar-refractivity contribution in [1.82, 2.24) is 15.6 Å². The van der Waals surface area contributed by atoms with E-state index < -0.39 is 6.09 Å². The van der Waals surface area contributed by atoms with Crippen LogP contribution in [0.5, 0.6) is 5.75 Å². The molecule has 23 heavy (non-hydrogen) atoms. The van der Waals surface area contributed by atoms with Gasteiger partial charge in [-0.05, 0) is 18.1 Å². The van der Waals surface area contributed by atoms with Crippen LogP contribution in [0.25, 0.3) is 10.9 Å². The minimum absolute atomic E-state index is 0.181. The maximum absolute atomic E-state index is 12.1. The average Bonchev–Trinajstić information content (AvgIpc) is 3.11. The molecule has 0 bridgehead atoms. The normalized spacial score (nSPS) is 12.8. The first-order chi connectivity index (χ1) is 11.0. The molecule has 4 N–H and O–H groups in total. The van der Waals surface area contributed by atoms with Crippen LogP contribution >= 0.6 is 11.6 Å². The molecule has 0 spiro atoms. The highest BCUT2D eigenvalue weighted by atomic mass is 35.5. The van der Waals surface area contributed by atoms with Crippen molar-refractivity contribution in [3.05, 3.63) is 27.9 Å². The maximum Gasteiger partial charge on any atom is 0.404 e. The van der Waals surface area contributed by atoms with Gasteiger partial charge in [0.2, 0.25) is 0 Å². The van der Waals surface area contributed by atoms with Crippen LogP contribution in [0.3, 0.4) is 0 Å². The van der Waals surface area contributed by atoms with Crippen molar-refractivity contribution in [2.75, 3.05) is 20.2 Å². The van der Waals surface area contributed by atoms with Crippen molar-refractivity contribution in [1.29, 1.82) is 0 Å². The topological polar surface area (TPSA) is 103 Å². The van der Waals surface area contributed by atoms with Crippen LogP contribution in [0.4, 0.5) is 4.79 Å². The third-order valence-corrected chi connectivity index (χ3v) is 4.25. The third-order valence-electron chi connectivity index (χ3n) is 3.88. The van der Waals surface area contributed by atoms with Crippen molar-refractivity contribution in [2.24, 2.45) is 0 Å². The van der Waals surface area contributed by atoms with Gasteiger partial charge in [-0.15, -0.1) is 0 Å². The summed E-state index contributed by atoms with van der Waals surface area (Å²) in [7, 11) is 1.54. The molecule has 1 aliphatic heterocycles. The van der Waals surface area contributed by atoms with Gasteiger partial charge in [-0.25, -0.2) is 4.79 Å². The van der Waals surface area contributed by atoms with Crippen LogP contribution < -0.4 is 15.4 Å². The Morgan fingerprint density at radius 3 is 2.96 bits per heavy atom. The Labute approximate surface area is 137 Å². The fraction of sp³-hybridized carbons (Fsp3) is 0.333. The van der Waals surface area contributed by atoms with Gasteiger partial charge in [0, 0.05) is 36.5 Å². The molecule has 0 saturated carbocycles. The third kappa shape index (κ3) is 2.68. The number of hydrogen-bond donors (Lipinski definition) is 4. The zero-order chi connectivity index (χ0) is 16.6. The van der Waals surface area contributed by atoms with E-state index in [1.54, 1.807) is 0 Å². The lowest BCUT2D eigenvalue weighted by molar-refractivity contribution is 0.0958. The molecular formula is C15H16ClN3O4. The fourth-order valence-electron chi connectivity index (χ4n) is 2.88. The molecule has 2 aromatic rings. The lowest BCUT2D eigenvalue weighted by Crippen LogP contribution is -2.25. The van der Waals surface area contributed by atoms with Gasteiger partial charge in [-0.2, -0.15) is 0 Å². The van der Waals surface area contributed by atoms with E-state index in [1.165, 1.54) is 7.05 Å². The number of benzene rings is 1. The zero-order valence-electron chi connectivity index (χ0n) is 12.5. The second-order valence-electron chi connectivity index (χ2n) is 5.24. The Bertz CT molecular complexity index is 800. The second-order valence-corrected chi connectivity index (χ2v) is 5.62. The number of halogens is 1. The molecule has 2 amide bonds. The van der Waals surface area contributed by atoms with Gasteiger partial charge < -0.3 is 25.5 Å². The quantitative estimate of drug-likeness (QED) is 0.684. The second kappa shape index (κ2) is 6.00. The van der Waals surface area contributed by atoms with E-state index in [0.717, 1.165) is 17.5 Å². The zero-order valence-corrected chi connectivity index (χ0v) is 13.2. The van der Waals surface area contributed by atoms with Gasteiger partial charge >= 0.3 is 6.09 Å². The van der Waals surface area contributed by atoms with Crippen molar-refractivity contribution < 1.29 is 19.4 Å². The summed E-state index contributed by atoms with van der Waals surface area (Å²) in [5.41, 5.74) is 2.82. The molecule has 0 aliphatic carbocycles. The molecular weight excluding hydrogens is 322 g/mol. The Kier molecular flexibility index (Phi) is 4.04. The molecule has 2 heterocycles. The van der Waals surface area contributed by atoms with Gasteiger partial charge in [0.1, 0.15) is 11.4 Å². The van der Waals surface area contributed by atoms with Crippen LogP contribution in [-0.4, -0.2) is 42.3 Å². The SMILES string of the molecule is CNC(=O)c1[nH]c2cc3c(c(Cl)c2c1CCNC(=O)O)OCC3. The molecule has 0 radical (unpaired) electrons. The first-order valence-corrected chi connectivity index (χ1v) is 7.58. The predicted octanol–water partition coefficient (Wildman–Crippen LogP) is 1.93. The summed E-state index contributed by atoms with van der Waals surface area (Å²) in [5, 5.41) is 14.8. The molecule has 7 nitrogen and oxygen atoms in total. The molecule has 0 saturated heterocycles. The summed E-state index contributed by atoms with van der Waals surface area (Å²) in [6.45, 7) is 0.764. The van der Waals surface area contributed by atoms with E-state index in [1.807, 2.05) is 6.07 Å². The molecule has 1 aromatic carbocycles. The minimum atomic E-state index is -1.11. The number of aromatic amines is 1. The number of amides is 2. The number of carbonyl (C=O) groups excluding carboxylic acids is 1. The van der Waals surface area contributed by atoms with Crippen LogP contribution in [0.15, 0.2) is 6.07 Å². The van der Waals surface area contributed by atoms with Gasteiger partial charge in [0.15, 0.2) is 0 Å². The van der Waals surface area contributed by atoms with E-state index in [-0.39, 0.29) is 12.5 Å². The largest absolute Gasteiger partial charge is 0.491 e. The lowest BCUT2D eigenvalue weighted by Gasteiger charge is -2.07. The average molecular weight is 338 g/mol. The van der Waals surface area contributed by atoms with Crippen molar-refractivity contribution >= 4 is 34.5 Å². The first kappa shape index (κ1) is 15.5. The van der Waals surface area contributed by atoms with E-state index in [9.17, 15) is 9.59 Å². The van der Waals surface area contributed by atoms with E-state index in [4.69, 9.17) is 21.4 Å². The highest BCUT2D eigenvalue weighted by Gasteiger charge is 2.25. The van der Waals surface area contributed by atoms with Crippen LogP contribution in [-0.2, 0) is 12.8 Å². The van der Waals surface area contributed by atoms with Crippen LogP contribution in [0.2, 0.25) is 5.02 Å². The van der Waals surface area contributed by atoms with Crippen LogP contribution in [0, 0.1) is 0 Å². The smallest absolute Gasteiger partial charge is 0.404 e. The standard InChI is InChI=1S/C15H16ClN3O4/c1-17-14(20)12-8(2-4-18-15(21)22)10-9(19-12)6-7-3-5-23-13(7)11(10)16/h6,18-19H,2-5H2,1H3,(H,17,20)(H,21,22). The number of H-pyrrole nitrogens is 1. The summed E-state index contributed by atoms with van der Waals surface area (Å²) in [5.74, 6) is 0.373. The summed E-state index contributed by atoms with van der Waals surface area (Å²) in [6, 6.07) is 1.93.